The van der Waals surface area contributed by atoms with Crippen molar-refractivity contribution >= 4 is 10.8 Å². The van der Waals surface area contributed by atoms with Gasteiger partial charge in [0.15, 0.2) is 0 Å². The molecule has 0 N–H and O–H groups in total. The molecule has 4 rings (SSSR count). The first-order valence-electron chi connectivity index (χ1n) is 7.84. The fourth-order valence-corrected chi connectivity index (χ4v) is 3.16. The van der Waals surface area contributed by atoms with Gasteiger partial charge in [0.1, 0.15) is 0 Å². The Hall–Kier alpha value is -2.93. The number of benzene rings is 3. The molecule has 0 radical (unpaired) electrons. The van der Waals surface area contributed by atoms with Crippen molar-refractivity contribution in [2.45, 2.75) is 6.92 Å². The molecule has 23 heavy (non-hydrogen) atoms. The minimum atomic E-state index is 1.05. The molecule has 3 aromatic carbocycles. The van der Waals surface area contributed by atoms with Crippen LogP contribution in [0.2, 0.25) is 0 Å². The molecule has 0 aliphatic heterocycles. The second-order valence-corrected chi connectivity index (χ2v) is 5.74. The van der Waals surface area contributed by atoms with Crippen molar-refractivity contribution < 1.29 is 0 Å². The van der Waals surface area contributed by atoms with Crippen LogP contribution in [-0.4, -0.2) is 4.98 Å². The topological polar surface area (TPSA) is 12.9 Å². The van der Waals surface area contributed by atoms with Crippen LogP contribution in [0.1, 0.15) is 5.56 Å². The predicted molar refractivity (Wildman–Crippen MR) is 97.4 cm³/mol. The van der Waals surface area contributed by atoms with Gasteiger partial charge < -0.3 is 0 Å². The normalized spacial score (nSPS) is 10.8. The fourth-order valence-electron chi connectivity index (χ4n) is 3.16. The number of nitrogens with zero attached hydrogens (tertiary/aromatic N) is 1. The molecule has 0 amide bonds. The van der Waals surface area contributed by atoms with E-state index in [0.29, 0.717) is 0 Å². The van der Waals surface area contributed by atoms with Gasteiger partial charge in [-0.05, 0) is 34.9 Å². The third-order valence-corrected chi connectivity index (χ3v) is 4.27. The first-order chi connectivity index (χ1) is 11.3. The molecule has 110 valence electrons. The lowest BCUT2D eigenvalue weighted by Crippen LogP contribution is -1.93. The molecule has 0 aliphatic rings. The van der Waals surface area contributed by atoms with Crippen LogP contribution in [0.25, 0.3) is 33.2 Å². The van der Waals surface area contributed by atoms with E-state index in [1.165, 1.54) is 33.0 Å². The zero-order valence-corrected chi connectivity index (χ0v) is 13.0. The second-order valence-electron chi connectivity index (χ2n) is 5.74. The van der Waals surface area contributed by atoms with E-state index in [-0.39, 0.29) is 0 Å². The summed E-state index contributed by atoms with van der Waals surface area (Å²) in [6.07, 6.45) is 1.90. The smallest absolute Gasteiger partial charge is 0.0789 e. The molecular weight excluding hydrogens is 278 g/mol. The molecule has 1 aromatic heterocycles. The highest BCUT2D eigenvalue weighted by molar-refractivity contribution is 5.99. The lowest BCUT2D eigenvalue weighted by molar-refractivity contribution is 1.29. The molecule has 0 unspecified atom stereocenters. The highest BCUT2D eigenvalue weighted by Gasteiger charge is 2.13. The lowest BCUT2D eigenvalue weighted by atomic mass is 9.93. The van der Waals surface area contributed by atoms with Gasteiger partial charge in [-0.3, -0.25) is 4.98 Å². The molecular formula is C22H17N. The Balaban J connectivity index is 2.05. The lowest BCUT2D eigenvalue weighted by Gasteiger charge is -2.14. The first-order valence-corrected chi connectivity index (χ1v) is 7.84. The largest absolute Gasteiger partial charge is 0.256 e. The molecule has 1 heterocycles. The third-order valence-electron chi connectivity index (χ3n) is 4.27. The molecule has 0 atom stereocenters. The number of hydrogen-bond acceptors (Lipinski definition) is 1. The number of rotatable bonds is 2. The maximum atomic E-state index is 4.74. The zero-order chi connectivity index (χ0) is 15.6. The van der Waals surface area contributed by atoms with Gasteiger partial charge in [0.25, 0.3) is 0 Å². The highest BCUT2D eigenvalue weighted by atomic mass is 14.7. The van der Waals surface area contributed by atoms with E-state index in [2.05, 4.69) is 79.7 Å². The first kappa shape index (κ1) is 13.7. The number of aromatic nitrogens is 1. The van der Waals surface area contributed by atoms with Crippen LogP contribution in [-0.2, 0) is 0 Å². The van der Waals surface area contributed by atoms with Crippen molar-refractivity contribution in [1.29, 1.82) is 0 Å². The van der Waals surface area contributed by atoms with E-state index in [9.17, 15) is 0 Å². The van der Waals surface area contributed by atoms with E-state index in [1.54, 1.807) is 0 Å². The van der Waals surface area contributed by atoms with E-state index >= 15 is 0 Å². The van der Waals surface area contributed by atoms with E-state index in [0.717, 1.165) is 5.69 Å². The van der Waals surface area contributed by atoms with E-state index in [1.807, 2.05) is 12.3 Å². The Morgan fingerprint density at radius 3 is 2.30 bits per heavy atom. The molecule has 4 aromatic rings. The van der Waals surface area contributed by atoms with Gasteiger partial charge in [0.2, 0.25) is 0 Å². The molecule has 0 spiro atoms. The van der Waals surface area contributed by atoms with E-state index in [4.69, 9.17) is 4.98 Å². The third kappa shape index (κ3) is 2.40. The van der Waals surface area contributed by atoms with Crippen LogP contribution >= 0.6 is 0 Å². The summed E-state index contributed by atoms with van der Waals surface area (Å²) in [4.78, 5) is 4.74. The Kier molecular flexibility index (Phi) is 3.39. The van der Waals surface area contributed by atoms with Crippen molar-refractivity contribution in [1.82, 2.24) is 4.98 Å². The summed E-state index contributed by atoms with van der Waals surface area (Å²) in [5.74, 6) is 0. The van der Waals surface area contributed by atoms with Crippen molar-refractivity contribution in [3.63, 3.8) is 0 Å². The summed E-state index contributed by atoms with van der Waals surface area (Å²) in [6, 6.07) is 27.5. The standard InChI is InChI=1S/C22H17N/c1-16-14-15-23-22(21(16)18-9-3-2-4-10-18)20-13-7-11-17-8-5-6-12-19(17)20/h2-15H,1H3. The minimum absolute atomic E-state index is 1.05. The van der Waals surface area contributed by atoms with Crippen LogP contribution in [0.4, 0.5) is 0 Å². The summed E-state index contributed by atoms with van der Waals surface area (Å²) in [5.41, 5.74) is 5.90. The van der Waals surface area contributed by atoms with Crippen LogP contribution in [0.15, 0.2) is 85.1 Å². The van der Waals surface area contributed by atoms with Crippen molar-refractivity contribution in [2.75, 3.05) is 0 Å². The molecule has 0 saturated heterocycles. The van der Waals surface area contributed by atoms with Gasteiger partial charge in [-0.1, -0.05) is 72.8 Å². The van der Waals surface area contributed by atoms with Crippen LogP contribution < -0.4 is 0 Å². The fraction of sp³-hybridized carbons (Fsp3) is 0.0455. The second kappa shape index (κ2) is 5.69. The number of fused-ring (bicyclic) bond motifs is 1. The van der Waals surface area contributed by atoms with Crippen LogP contribution in [0.3, 0.4) is 0 Å². The maximum absolute atomic E-state index is 4.74. The average Bonchev–Trinajstić information content (AvgIpc) is 2.62. The van der Waals surface area contributed by atoms with Crippen molar-refractivity contribution in [3.05, 3.63) is 90.6 Å². The summed E-state index contributed by atoms with van der Waals surface area (Å²) in [6.45, 7) is 2.15. The Morgan fingerprint density at radius 2 is 1.43 bits per heavy atom. The molecule has 1 nitrogen and oxygen atoms in total. The number of aryl methyl sites for hydroxylation is 1. The Labute approximate surface area is 136 Å². The van der Waals surface area contributed by atoms with Gasteiger partial charge in [-0.25, -0.2) is 0 Å². The monoisotopic (exact) mass is 295 g/mol. The minimum Gasteiger partial charge on any atom is -0.256 e. The highest BCUT2D eigenvalue weighted by Crippen LogP contribution is 2.36. The van der Waals surface area contributed by atoms with E-state index < -0.39 is 0 Å². The van der Waals surface area contributed by atoms with Gasteiger partial charge in [0, 0.05) is 17.3 Å². The van der Waals surface area contributed by atoms with Gasteiger partial charge in [-0.15, -0.1) is 0 Å². The molecule has 0 bridgehead atoms. The Bertz CT molecular complexity index is 966. The van der Waals surface area contributed by atoms with Crippen LogP contribution in [0, 0.1) is 6.92 Å². The number of hydrogen-bond donors (Lipinski definition) is 0. The van der Waals surface area contributed by atoms with Crippen LogP contribution in [0.5, 0.6) is 0 Å². The van der Waals surface area contributed by atoms with Gasteiger partial charge >= 0.3 is 0 Å². The van der Waals surface area contributed by atoms with Crippen molar-refractivity contribution in [3.8, 4) is 22.4 Å². The molecule has 0 fully saturated rings. The van der Waals surface area contributed by atoms with Gasteiger partial charge in [-0.2, -0.15) is 0 Å². The molecule has 1 heteroatoms. The number of pyridine rings is 1. The predicted octanol–water partition coefficient (Wildman–Crippen LogP) is 5.88. The summed E-state index contributed by atoms with van der Waals surface area (Å²) < 4.78 is 0. The maximum Gasteiger partial charge on any atom is 0.0789 e. The SMILES string of the molecule is Cc1ccnc(-c2cccc3ccccc23)c1-c1ccccc1. The summed E-state index contributed by atoms with van der Waals surface area (Å²) in [5, 5.41) is 2.48. The quantitative estimate of drug-likeness (QED) is 0.450. The average molecular weight is 295 g/mol. The Morgan fingerprint density at radius 1 is 0.696 bits per heavy atom. The van der Waals surface area contributed by atoms with Crippen molar-refractivity contribution in [2.24, 2.45) is 0 Å². The molecule has 0 aliphatic carbocycles. The van der Waals surface area contributed by atoms with Gasteiger partial charge in [0.05, 0.1) is 5.69 Å². The zero-order valence-electron chi connectivity index (χ0n) is 13.0. The molecule has 0 saturated carbocycles. The summed E-state index contributed by atoms with van der Waals surface area (Å²) in [7, 11) is 0. The summed E-state index contributed by atoms with van der Waals surface area (Å²) >= 11 is 0.